The Morgan fingerprint density at radius 2 is 2.00 bits per heavy atom. The van der Waals surface area contributed by atoms with Gasteiger partial charge in [0.25, 0.3) is 0 Å². The Bertz CT molecular complexity index is 359. The van der Waals surface area contributed by atoms with E-state index in [0.717, 1.165) is 5.56 Å². The van der Waals surface area contributed by atoms with Crippen molar-refractivity contribution in [3.63, 3.8) is 0 Å². The van der Waals surface area contributed by atoms with E-state index in [9.17, 15) is 8.78 Å². The van der Waals surface area contributed by atoms with E-state index >= 15 is 0 Å². The van der Waals surface area contributed by atoms with Crippen molar-refractivity contribution in [1.82, 2.24) is 5.16 Å². The zero-order chi connectivity index (χ0) is 11.3. The molecule has 0 amide bonds. The van der Waals surface area contributed by atoms with Crippen molar-refractivity contribution in [3.05, 3.63) is 17.0 Å². The number of rotatable bonds is 2. The van der Waals surface area contributed by atoms with Crippen molar-refractivity contribution in [3.8, 4) is 0 Å². The van der Waals surface area contributed by atoms with Gasteiger partial charge in [-0.3, -0.25) is 0 Å². The Morgan fingerprint density at radius 3 is 2.33 bits per heavy atom. The van der Waals surface area contributed by atoms with Crippen LogP contribution in [0.25, 0.3) is 0 Å². The fourth-order valence-electron chi connectivity index (χ4n) is 2.60. The quantitative estimate of drug-likeness (QED) is 0.821. The molecule has 0 bridgehead atoms. The first-order valence-corrected chi connectivity index (χ1v) is 4.91. The van der Waals surface area contributed by atoms with E-state index in [2.05, 4.69) is 5.16 Å². The summed E-state index contributed by atoms with van der Waals surface area (Å²) in [6.07, 6.45) is -0.390. The van der Waals surface area contributed by atoms with Crippen LogP contribution in [0.15, 0.2) is 4.52 Å². The number of hydrogen-bond acceptors (Lipinski definition) is 3. The van der Waals surface area contributed by atoms with Crippen molar-refractivity contribution < 1.29 is 13.3 Å². The second kappa shape index (κ2) is 3.01. The second-order valence-corrected chi connectivity index (χ2v) is 4.39. The second-order valence-electron chi connectivity index (χ2n) is 4.39. The molecular formula is C10H14F2N2O. The van der Waals surface area contributed by atoms with Crippen molar-refractivity contribution in [1.29, 1.82) is 0 Å². The van der Waals surface area contributed by atoms with Crippen LogP contribution in [0.2, 0.25) is 0 Å². The molecule has 15 heavy (non-hydrogen) atoms. The summed E-state index contributed by atoms with van der Waals surface area (Å²) in [5.74, 6) is -1.98. The number of aryl methyl sites for hydroxylation is 2. The van der Waals surface area contributed by atoms with Gasteiger partial charge < -0.3 is 10.3 Å². The topological polar surface area (TPSA) is 52.0 Å². The number of alkyl halides is 2. The van der Waals surface area contributed by atoms with Gasteiger partial charge in [-0.2, -0.15) is 0 Å². The first-order valence-electron chi connectivity index (χ1n) is 4.91. The van der Waals surface area contributed by atoms with Crippen LogP contribution >= 0.6 is 0 Å². The van der Waals surface area contributed by atoms with Gasteiger partial charge in [-0.15, -0.1) is 0 Å². The third kappa shape index (κ3) is 1.45. The molecule has 1 saturated carbocycles. The van der Waals surface area contributed by atoms with Gasteiger partial charge in [0.05, 0.1) is 5.69 Å². The lowest BCUT2D eigenvalue weighted by Gasteiger charge is -2.46. The fourth-order valence-corrected chi connectivity index (χ4v) is 2.60. The van der Waals surface area contributed by atoms with Gasteiger partial charge in [0.1, 0.15) is 5.76 Å². The maximum absolute atomic E-state index is 13.0. The summed E-state index contributed by atoms with van der Waals surface area (Å²) in [5.41, 5.74) is 6.44. The van der Waals surface area contributed by atoms with Crippen molar-refractivity contribution in [2.45, 2.75) is 38.0 Å². The van der Waals surface area contributed by atoms with Crippen LogP contribution in [0.5, 0.6) is 0 Å². The van der Waals surface area contributed by atoms with Gasteiger partial charge in [0.15, 0.2) is 0 Å². The molecule has 0 aromatic carbocycles. The van der Waals surface area contributed by atoms with E-state index in [4.69, 9.17) is 10.3 Å². The zero-order valence-electron chi connectivity index (χ0n) is 8.81. The summed E-state index contributed by atoms with van der Waals surface area (Å²) in [5, 5.41) is 3.78. The Morgan fingerprint density at radius 1 is 1.40 bits per heavy atom. The molecule has 1 aromatic heterocycles. The molecule has 2 rings (SSSR count). The number of halogens is 2. The van der Waals surface area contributed by atoms with Gasteiger partial charge in [-0.1, -0.05) is 5.16 Å². The normalized spacial score (nSPS) is 22.5. The Labute approximate surface area is 86.6 Å². The third-order valence-corrected chi connectivity index (χ3v) is 3.15. The minimum absolute atomic E-state index is 0.195. The highest BCUT2D eigenvalue weighted by atomic mass is 19.3. The molecule has 84 valence electrons. The van der Waals surface area contributed by atoms with Gasteiger partial charge >= 0.3 is 0 Å². The highest BCUT2D eigenvalue weighted by Gasteiger charge is 2.58. The minimum atomic E-state index is -2.59. The molecule has 2 N–H and O–H groups in total. The highest BCUT2D eigenvalue weighted by molar-refractivity contribution is 5.35. The lowest BCUT2D eigenvalue weighted by molar-refractivity contribution is -0.124. The zero-order valence-corrected chi connectivity index (χ0v) is 8.81. The molecule has 0 spiro atoms. The summed E-state index contributed by atoms with van der Waals surface area (Å²) < 4.78 is 30.9. The first-order chi connectivity index (χ1) is 6.90. The van der Waals surface area contributed by atoms with E-state index < -0.39 is 11.3 Å². The molecule has 1 aliphatic carbocycles. The van der Waals surface area contributed by atoms with E-state index in [1.807, 2.05) is 0 Å². The highest BCUT2D eigenvalue weighted by Crippen LogP contribution is 2.54. The maximum atomic E-state index is 13.0. The largest absolute Gasteiger partial charge is 0.361 e. The average molecular weight is 216 g/mol. The van der Waals surface area contributed by atoms with Gasteiger partial charge in [0, 0.05) is 30.4 Å². The van der Waals surface area contributed by atoms with Crippen LogP contribution in [0.3, 0.4) is 0 Å². The minimum Gasteiger partial charge on any atom is -0.361 e. The summed E-state index contributed by atoms with van der Waals surface area (Å²) in [7, 11) is 0. The third-order valence-electron chi connectivity index (χ3n) is 3.15. The van der Waals surface area contributed by atoms with Crippen LogP contribution in [0.4, 0.5) is 8.78 Å². The van der Waals surface area contributed by atoms with Crippen LogP contribution in [0, 0.1) is 13.8 Å². The van der Waals surface area contributed by atoms with Crippen LogP contribution in [0.1, 0.15) is 29.9 Å². The Hall–Kier alpha value is -0.970. The predicted octanol–water partition coefficient (Wildman–Crippen LogP) is 1.92. The molecule has 0 atom stereocenters. The lowest BCUT2D eigenvalue weighted by atomic mass is 9.61. The molecule has 3 nitrogen and oxygen atoms in total. The molecule has 1 aromatic rings. The Kier molecular flexibility index (Phi) is 2.12. The molecular weight excluding hydrogens is 202 g/mol. The molecule has 0 saturated heterocycles. The summed E-state index contributed by atoms with van der Waals surface area (Å²) in [6.45, 7) is 3.72. The maximum Gasteiger partial charge on any atom is 0.250 e. The standard InChI is InChI=1S/C10H14F2N2O/c1-6-8(7(2)15-14-6)9(5-13)3-10(11,12)4-9/h3-5,13H2,1-2H3. The van der Waals surface area contributed by atoms with E-state index in [1.165, 1.54) is 0 Å². The number of nitrogens with zero attached hydrogens (tertiary/aromatic N) is 1. The Balaban J connectivity index is 2.37. The van der Waals surface area contributed by atoms with E-state index in [1.54, 1.807) is 13.8 Å². The van der Waals surface area contributed by atoms with E-state index in [-0.39, 0.29) is 19.4 Å². The van der Waals surface area contributed by atoms with Gasteiger partial charge in [-0.05, 0) is 13.8 Å². The lowest BCUT2D eigenvalue weighted by Crippen LogP contribution is -2.54. The smallest absolute Gasteiger partial charge is 0.250 e. The van der Waals surface area contributed by atoms with Crippen LogP contribution in [-0.2, 0) is 5.41 Å². The number of nitrogens with two attached hydrogens (primary N) is 1. The van der Waals surface area contributed by atoms with Gasteiger partial charge in [-0.25, -0.2) is 8.78 Å². The van der Waals surface area contributed by atoms with Crippen LogP contribution < -0.4 is 5.73 Å². The van der Waals surface area contributed by atoms with Crippen molar-refractivity contribution in [2.75, 3.05) is 6.54 Å². The fraction of sp³-hybridized carbons (Fsp3) is 0.700. The van der Waals surface area contributed by atoms with Crippen LogP contribution in [-0.4, -0.2) is 17.6 Å². The van der Waals surface area contributed by atoms with Crippen molar-refractivity contribution >= 4 is 0 Å². The molecule has 1 aliphatic rings. The average Bonchev–Trinajstić information content (AvgIpc) is 2.42. The van der Waals surface area contributed by atoms with Gasteiger partial charge in [0.2, 0.25) is 5.92 Å². The monoisotopic (exact) mass is 216 g/mol. The summed E-state index contributed by atoms with van der Waals surface area (Å²) in [6, 6.07) is 0. The number of aromatic nitrogens is 1. The SMILES string of the molecule is Cc1noc(C)c1C1(CN)CC(F)(F)C1. The molecule has 1 fully saturated rings. The van der Waals surface area contributed by atoms with Crippen molar-refractivity contribution in [2.24, 2.45) is 5.73 Å². The molecule has 0 radical (unpaired) electrons. The molecule has 1 heterocycles. The van der Waals surface area contributed by atoms with E-state index in [0.29, 0.717) is 11.5 Å². The summed E-state index contributed by atoms with van der Waals surface area (Å²) in [4.78, 5) is 0. The molecule has 0 aliphatic heterocycles. The molecule has 0 unspecified atom stereocenters. The first kappa shape index (κ1) is 10.5. The number of hydrogen-bond donors (Lipinski definition) is 1. The molecule has 5 heteroatoms. The summed E-state index contributed by atoms with van der Waals surface area (Å²) >= 11 is 0. The predicted molar refractivity (Wildman–Crippen MR) is 50.9 cm³/mol.